The summed E-state index contributed by atoms with van der Waals surface area (Å²) in [5.74, 6) is 2.04. The maximum absolute atomic E-state index is 12.8. The van der Waals surface area contributed by atoms with E-state index in [0.717, 1.165) is 30.4 Å². The predicted octanol–water partition coefficient (Wildman–Crippen LogP) is 3.63. The van der Waals surface area contributed by atoms with Gasteiger partial charge >= 0.3 is 0 Å². The number of aromatic amines is 1. The van der Waals surface area contributed by atoms with Crippen molar-refractivity contribution in [2.24, 2.45) is 5.41 Å². The highest BCUT2D eigenvalue weighted by atomic mass is 32.2. The minimum atomic E-state index is -3.11. The van der Waals surface area contributed by atoms with Crippen LogP contribution in [-0.2, 0) is 15.4 Å². The van der Waals surface area contributed by atoms with Crippen molar-refractivity contribution in [1.82, 2.24) is 9.97 Å². The number of nitrogens with one attached hydrogen (secondary N) is 2. The Hall–Kier alpha value is -2.89. The first kappa shape index (κ1) is 23.3. The number of terminal acetylenes is 1. The Labute approximate surface area is 194 Å². The second-order valence-corrected chi connectivity index (χ2v) is 12.1. The van der Waals surface area contributed by atoms with Gasteiger partial charge in [0.05, 0.1) is 23.3 Å². The Morgan fingerprint density at radius 2 is 1.97 bits per heavy atom. The number of amides is 1. The highest BCUT2D eigenvalue weighted by molar-refractivity contribution is 7.91. The summed E-state index contributed by atoms with van der Waals surface area (Å²) in [5.41, 5.74) is 2.64. The van der Waals surface area contributed by atoms with Crippen LogP contribution in [0.15, 0.2) is 30.5 Å². The number of anilines is 1. The van der Waals surface area contributed by atoms with E-state index in [9.17, 15) is 18.3 Å². The number of hydrogen-bond acceptors (Lipinski definition) is 5. The third kappa shape index (κ3) is 5.05. The lowest BCUT2D eigenvalue weighted by Gasteiger charge is -2.34. The first-order valence-electron chi connectivity index (χ1n) is 11.1. The normalized spacial score (nSPS) is 21.0. The van der Waals surface area contributed by atoms with Gasteiger partial charge in [0.2, 0.25) is 0 Å². The zero-order valence-corrected chi connectivity index (χ0v) is 19.8. The summed E-state index contributed by atoms with van der Waals surface area (Å²) in [5, 5.41) is 14.2. The van der Waals surface area contributed by atoms with Crippen LogP contribution < -0.4 is 5.32 Å². The third-order valence-corrected chi connectivity index (χ3v) is 8.38. The number of aromatic nitrogens is 2. The summed E-state index contributed by atoms with van der Waals surface area (Å²) >= 11 is 0. The summed E-state index contributed by atoms with van der Waals surface area (Å²) in [6.45, 7) is 4.45. The molecule has 3 N–H and O–H groups in total. The fraction of sp³-hybridized carbons (Fsp3) is 0.440. The lowest BCUT2D eigenvalue weighted by Crippen LogP contribution is -2.37. The molecule has 0 radical (unpaired) electrons. The van der Waals surface area contributed by atoms with Crippen molar-refractivity contribution in [3.63, 3.8) is 0 Å². The lowest BCUT2D eigenvalue weighted by molar-refractivity contribution is 0.0263. The zero-order chi connectivity index (χ0) is 23.9. The Kier molecular flexibility index (Phi) is 5.97. The molecule has 1 aliphatic carbocycles. The maximum atomic E-state index is 12.8. The number of sulfone groups is 1. The molecule has 2 aromatic rings. The Morgan fingerprint density at radius 3 is 2.58 bits per heavy atom. The Morgan fingerprint density at radius 1 is 1.24 bits per heavy atom. The van der Waals surface area contributed by atoms with Crippen LogP contribution in [0.1, 0.15) is 73.4 Å². The van der Waals surface area contributed by atoms with Crippen LogP contribution in [0.25, 0.3) is 5.57 Å². The van der Waals surface area contributed by atoms with Crippen molar-refractivity contribution in [1.29, 1.82) is 0 Å². The Balaban J connectivity index is 1.69. The highest BCUT2D eigenvalue weighted by Gasteiger charge is 2.37. The number of H-pyrrole nitrogens is 1. The SMILES string of the molecule is C#Cc1cnc(C(=O)Nc2ccc(C3(O)CCS(=O)(=O)CC3)cc2C2=CCC(C)(C)CC2)[nH]1. The molecule has 2 aliphatic rings. The molecule has 1 aromatic heterocycles. The second kappa shape index (κ2) is 8.47. The Bertz CT molecular complexity index is 1250. The summed E-state index contributed by atoms with van der Waals surface area (Å²) in [6, 6.07) is 5.43. The number of hydrogen-bond donors (Lipinski definition) is 3. The molecule has 8 heteroatoms. The van der Waals surface area contributed by atoms with Crippen molar-refractivity contribution >= 4 is 27.0 Å². The van der Waals surface area contributed by atoms with Crippen LogP contribution in [0.4, 0.5) is 5.69 Å². The van der Waals surface area contributed by atoms with Crippen molar-refractivity contribution in [3.05, 3.63) is 53.1 Å². The number of carbonyl (C=O) groups excluding carboxylic acids is 1. The summed E-state index contributed by atoms with van der Waals surface area (Å²) in [7, 11) is -3.11. The minimum Gasteiger partial charge on any atom is -0.385 e. The maximum Gasteiger partial charge on any atom is 0.291 e. The third-order valence-electron chi connectivity index (χ3n) is 6.72. The molecular weight excluding hydrogens is 438 g/mol. The number of nitrogens with zero attached hydrogens (tertiary/aromatic N) is 1. The van der Waals surface area contributed by atoms with Crippen LogP contribution in [0, 0.1) is 17.8 Å². The van der Waals surface area contributed by atoms with Gasteiger partial charge in [0.25, 0.3) is 5.91 Å². The molecule has 0 spiro atoms. The van der Waals surface area contributed by atoms with Crippen LogP contribution in [0.2, 0.25) is 0 Å². The highest BCUT2D eigenvalue weighted by Crippen LogP contribution is 2.42. The fourth-order valence-corrected chi connectivity index (χ4v) is 5.89. The van der Waals surface area contributed by atoms with Crippen LogP contribution in [0.5, 0.6) is 0 Å². The van der Waals surface area contributed by atoms with Gasteiger partial charge in [-0.3, -0.25) is 4.79 Å². The fourth-order valence-electron chi connectivity index (χ4n) is 4.39. The lowest BCUT2D eigenvalue weighted by atomic mass is 9.76. The van der Waals surface area contributed by atoms with Gasteiger partial charge in [-0.1, -0.05) is 31.9 Å². The number of aliphatic hydroxyl groups is 1. The molecule has 1 aromatic carbocycles. The molecule has 2 heterocycles. The summed E-state index contributed by atoms with van der Waals surface area (Å²) in [4.78, 5) is 19.6. The molecule has 1 aliphatic heterocycles. The minimum absolute atomic E-state index is 0.0375. The molecule has 4 rings (SSSR count). The molecule has 1 fully saturated rings. The van der Waals surface area contributed by atoms with E-state index in [-0.39, 0.29) is 35.6 Å². The van der Waals surface area contributed by atoms with Crippen LogP contribution in [0.3, 0.4) is 0 Å². The molecule has 1 saturated heterocycles. The molecule has 0 unspecified atom stereocenters. The van der Waals surface area contributed by atoms with E-state index >= 15 is 0 Å². The van der Waals surface area contributed by atoms with E-state index in [1.807, 2.05) is 6.07 Å². The second-order valence-electron chi connectivity index (χ2n) is 9.79. The molecule has 174 valence electrons. The number of imidazole rings is 1. The molecule has 0 saturated carbocycles. The standard InChI is InChI=1S/C25H29N3O4S/c1-4-19-16-26-22(27-19)23(29)28-21-6-5-18(25(30)11-13-33(31,32)14-12-25)15-20(21)17-7-9-24(2,3)10-8-17/h1,5-7,15-16,30H,8-14H2,2-3H3,(H,26,27)(H,28,29). The zero-order valence-electron chi connectivity index (χ0n) is 18.9. The van der Waals surface area contributed by atoms with Gasteiger partial charge in [-0.15, -0.1) is 6.42 Å². The van der Waals surface area contributed by atoms with Gasteiger partial charge in [-0.05, 0) is 60.8 Å². The average Bonchev–Trinajstić information content (AvgIpc) is 3.26. The first-order valence-corrected chi connectivity index (χ1v) is 12.9. The van der Waals surface area contributed by atoms with Gasteiger partial charge < -0.3 is 15.4 Å². The van der Waals surface area contributed by atoms with Gasteiger partial charge in [0.15, 0.2) is 15.7 Å². The van der Waals surface area contributed by atoms with E-state index < -0.39 is 21.3 Å². The van der Waals surface area contributed by atoms with Gasteiger partial charge in [0.1, 0.15) is 5.69 Å². The van der Waals surface area contributed by atoms with Gasteiger partial charge in [-0.2, -0.15) is 0 Å². The van der Waals surface area contributed by atoms with Crippen molar-refractivity contribution in [2.45, 2.75) is 51.6 Å². The van der Waals surface area contributed by atoms with Gasteiger partial charge in [0, 0.05) is 11.3 Å². The van der Waals surface area contributed by atoms with E-state index in [0.29, 0.717) is 16.9 Å². The van der Waals surface area contributed by atoms with Crippen molar-refractivity contribution in [3.8, 4) is 12.3 Å². The molecule has 0 bridgehead atoms. The predicted molar refractivity (Wildman–Crippen MR) is 128 cm³/mol. The van der Waals surface area contributed by atoms with Gasteiger partial charge in [-0.25, -0.2) is 13.4 Å². The number of rotatable bonds is 4. The first-order chi connectivity index (χ1) is 15.5. The topological polar surface area (TPSA) is 112 Å². The molecule has 7 nitrogen and oxygen atoms in total. The quantitative estimate of drug-likeness (QED) is 0.595. The smallest absolute Gasteiger partial charge is 0.291 e. The monoisotopic (exact) mass is 467 g/mol. The summed E-state index contributed by atoms with van der Waals surface area (Å²) in [6.07, 6.45) is 12.0. The molecule has 33 heavy (non-hydrogen) atoms. The summed E-state index contributed by atoms with van der Waals surface area (Å²) < 4.78 is 23.8. The van der Waals surface area contributed by atoms with E-state index in [1.165, 1.54) is 6.20 Å². The molecule has 0 atom stereocenters. The van der Waals surface area contributed by atoms with Crippen LogP contribution in [-0.4, -0.2) is 40.9 Å². The number of benzene rings is 1. The van der Waals surface area contributed by atoms with Crippen molar-refractivity contribution < 1.29 is 18.3 Å². The number of carbonyl (C=O) groups is 1. The molecule has 1 amide bonds. The average molecular weight is 468 g/mol. The number of allylic oxidation sites excluding steroid dienone is 2. The van der Waals surface area contributed by atoms with E-state index in [1.54, 1.807) is 12.1 Å². The van der Waals surface area contributed by atoms with Crippen molar-refractivity contribution in [2.75, 3.05) is 16.8 Å². The largest absolute Gasteiger partial charge is 0.385 e. The van der Waals surface area contributed by atoms with Crippen LogP contribution >= 0.6 is 0 Å². The van der Waals surface area contributed by atoms with E-state index in [2.05, 4.69) is 41.1 Å². The molecular formula is C25H29N3O4S. The van der Waals surface area contributed by atoms with E-state index in [4.69, 9.17) is 6.42 Å².